The van der Waals surface area contributed by atoms with Gasteiger partial charge in [0.15, 0.2) is 0 Å². The van der Waals surface area contributed by atoms with E-state index in [2.05, 4.69) is 31.7 Å². The van der Waals surface area contributed by atoms with Crippen molar-refractivity contribution >= 4 is 45.3 Å². The van der Waals surface area contributed by atoms with E-state index >= 15 is 0 Å². The van der Waals surface area contributed by atoms with Crippen LogP contribution in [-0.4, -0.2) is 28.1 Å². The van der Waals surface area contributed by atoms with Crippen molar-refractivity contribution in [3.05, 3.63) is 81.5 Å². The first-order valence-electron chi connectivity index (χ1n) is 9.64. The van der Waals surface area contributed by atoms with Gasteiger partial charge in [0.25, 0.3) is 5.91 Å². The molecule has 154 valence electrons. The fourth-order valence-electron chi connectivity index (χ4n) is 3.28. The summed E-state index contributed by atoms with van der Waals surface area (Å²) in [5.74, 6) is 1.84. The van der Waals surface area contributed by atoms with Crippen LogP contribution in [0.5, 0.6) is 0 Å². The Morgan fingerprint density at radius 2 is 1.83 bits per heavy atom. The molecule has 2 N–H and O–H groups in total. The van der Waals surface area contributed by atoms with Gasteiger partial charge in [-0.25, -0.2) is 4.68 Å². The Labute approximate surface area is 187 Å². The summed E-state index contributed by atoms with van der Waals surface area (Å²) < 4.78 is 2.52. The number of nitrogens with zero attached hydrogens (tertiary/aromatic N) is 2. The lowest BCUT2D eigenvalue weighted by Gasteiger charge is -2.11. The predicted octanol–water partition coefficient (Wildman–Crippen LogP) is 4.00. The quantitative estimate of drug-likeness (QED) is 0.531. The minimum atomic E-state index is -0.215. The van der Waals surface area contributed by atoms with Crippen LogP contribution in [0.4, 0.5) is 5.82 Å². The van der Waals surface area contributed by atoms with Crippen LogP contribution >= 0.6 is 27.7 Å². The number of amides is 2. The summed E-state index contributed by atoms with van der Waals surface area (Å²) in [7, 11) is 0. The lowest BCUT2D eigenvalue weighted by atomic mass is 10.1. The molecule has 6 nitrogen and oxygen atoms in total. The maximum absolute atomic E-state index is 12.7. The van der Waals surface area contributed by atoms with E-state index in [9.17, 15) is 9.59 Å². The fourth-order valence-corrected chi connectivity index (χ4v) is 4.58. The predicted molar refractivity (Wildman–Crippen MR) is 122 cm³/mol. The molecule has 1 aliphatic rings. The monoisotopic (exact) mass is 484 g/mol. The molecule has 8 heteroatoms. The topological polar surface area (TPSA) is 76.0 Å². The first-order chi connectivity index (χ1) is 14.6. The number of aromatic nitrogens is 2. The van der Waals surface area contributed by atoms with Gasteiger partial charge in [0, 0.05) is 33.7 Å². The van der Waals surface area contributed by atoms with Crippen molar-refractivity contribution in [3.8, 4) is 0 Å². The van der Waals surface area contributed by atoms with Gasteiger partial charge in [0.05, 0.1) is 5.69 Å². The highest BCUT2D eigenvalue weighted by Gasteiger charge is 2.25. The van der Waals surface area contributed by atoms with Crippen molar-refractivity contribution in [2.45, 2.75) is 24.5 Å². The minimum absolute atomic E-state index is 0.0718. The van der Waals surface area contributed by atoms with E-state index in [1.807, 2.05) is 42.5 Å². The summed E-state index contributed by atoms with van der Waals surface area (Å²) >= 11 is 5.13. The molecule has 0 unspecified atom stereocenters. The van der Waals surface area contributed by atoms with Crippen LogP contribution in [0.2, 0.25) is 0 Å². The SMILES string of the molecule is O=C(Cn1nc2c(c1NC(=O)c1ccc(Br)cc1)CSC2)NCCc1ccccc1. The number of thioether (sulfide) groups is 1. The molecule has 0 bridgehead atoms. The molecule has 0 spiro atoms. The first-order valence-corrected chi connectivity index (χ1v) is 11.6. The van der Waals surface area contributed by atoms with E-state index in [1.54, 1.807) is 28.6 Å². The Morgan fingerprint density at radius 3 is 2.60 bits per heavy atom. The van der Waals surface area contributed by atoms with Crippen LogP contribution in [0.1, 0.15) is 27.2 Å². The van der Waals surface area contributed by atoms with Gasteiger partial charge in [-0.2, -0.15) is 16.9 Å². The normalized spacial score (nSPS) is 12.4. The Hall–Kier alpha value is -2.58. The van der Waals surface area contributed by atoms with Gasteiger partial charge in [0.2, 0.25) is 5.91 Å². The van der Waals surface area contributed by atoms with Gasteiger partial charge in [-0.1, -0.05) is 46.3 Å². The molecule has 0 atom stereocenters. The number of hydrogen-bond acceptors (Lipinski definition) is 4. The third-order valence-corrected chi connectivity index (χ3v) is 6.33. The average molecular weight is 485 g/mol. The number of benzene rings is 2. The summed E-state index contributed by atoms with van der Waals surface area (Å²) in [5.41, 5.74) is 3.67. The summed E-state index contributed by atoms with van der Waals surface area (Å²) in [6, 6.07) is 17.2. The lowest BCUT2D eigenvalue weighted by molar-refractivity contribution is -0.121. The Balaban J connectivity index is 1.42. The number of halogens is 1. The number of rotatable bonds is 7. The standard InChI is InChI=1S/C22H21BrN4O2S/c23-17-8-6-16(7-9-17)22(29)25-21-18-13-30-14-19(18)26-27(21)12-20(28)24-11-10-15-4-2-1-3-5-15/h1-9H,10-14H2,(H,24,28)(H,25,29). The molecule has 0 saturated carbocycles. The van der Waals surface area contributed by atoms with E-state index in [-0.39, 0.29) is 18.4 Å². The average Bonchev–Trinajstić information content (AvgIpc) is 3.32. The molecule has 0 saturated heterocycles. The second kappa shape index (κ2) is 9.49. The Bertz CT molecular complexity index is 1050. The number of carbonyl (C=O) groups is 2. The van der Waals surface area contributed by atoms with Gasteiger partial charge < -0.3 is 10.6 Å². The maximum Gasteiger partial charge on any atom is 0.256 e. The summed E-state index contributed by atoms with van der Waals surface area (Å²) in [6.07, 6.45) is 0.770. The Kier molecular flexibility index (Phi) is 6.54. The zero-order valence-electron chi connectivity index (χ0n) is 16.2. The first kappa shape index (κ1) is 20.7. The molecule has 30 heavy (non-hydrogen) atoms. The molecule has 2 heterocycles. The van der Waals surface area contributed by atoms with E-state index in [1.165, 1.54) is 5.56 Å². The van der Waals surface area contributed by atoms with Gasteiger partial charge >= 0.3 is 0 Å². The van der Waals surface area contributed by atoms with Crippen LogP contribution in [0, 0.1) is 0 Å². The van der Waals surface area contributed by atoms with E-state index in [0.29, 0.717) is 17.9 Å². The van der Waals surface area contributed by atoms with Crippen molar-refractivity contribution in [1.82, 2.24) is 15.1 Å². The summed E-state index contributed by atoms with van der Waals surface area (Å²) in [6.45, 7) is 0.628. The van der Waals surface area contributed by atoms with Crippen molar-refractivity contribution in [3.63, 3.8) is 0 Å². The molecule has 0 radical (unpaired) electrons. The zero-order valence-corrected chi connectivity index (χ0v) is 18.6. The third kappa shape index (κ3) is 4.94. The van der Waals surface area contributed by atoms with Crippen LogP contribution in [-0.2, 0) is 29.3 Å². The minimum Gasteiger partial charge on any atom is -0.354 e. The number of fused-ring (bicyclic) bond motifs is 1. The zero-order chi connectivity index (χ0) is 20.9. The lowest BCUT2D eigenvalue weighted by Crippen LogP contribution is -2.30. The van der Waals surface area contributed by atoms with Crippen LogP contribution in [0.3, 0.4) is 0 Å². The second-order valence-electron chi connectivity index (χ2n) is 6.97. The van der Waals surface area contributed by atoms with E-state index < -0.39 is 0 Å². The molecular weight excluding hydrogens is 464 g/mol. The number of carbonyl (C=O) groups excluding carboxylic acids is 2. The van der Waals surface area contributed by atoms with Crippen molar-refractivity contribution in [2.75, 3.05) is 11.9 Å². The second-order valence-corrected chi connectivity index (χ2v) is 8.87. The molecule has 0 aliphatic carbocycles. The van der Waals surface area contributed by atoms with E-state index in [0.717, 1.165) is 33.7 Å². The molecule has 2 aromatic carbocycles. The summed E-state index contributed by atoms with van der Waals surface area (Å²) in [4.78, 5) is 25.2. The molecular formula is C22H21BrN4O2S. The number of hydrogen-bond donors (Lipinski definition) is 2. The fraction of sp³-hybridized carbons (Fsp3) is 0.227. The van der Waals surface area contributed by atoms with Gasteiger partial charge in [0.1, 0.15) is 12.4 Å². The highest BCUT2D eigenvalue weighted by atomic mass is 79.9. The highest BCUT2D eigenvalue weighted by molar-refractivity contribution is 9.10. The molecule has 0 fully saturated rings. The third-order valence-electron chi connectivity index (χ3n) is 4.83. The van der Waals surface area contributed by atoms with Crippen LogP contribution in [0.15, 0.2) is 59.1 Å². The molecule has 1 aliphatic heterocycles. The maximum atomic E-state index is 12.7. The smallest absolute Gasteiger partial charge is 0.256 e. The molecule has 1 aromatic heterocycles. The summed E-state index contributed by atoms with van der Waals surface area (Å²) in [5, 5.41) is 10.5. The molecule has 2 amide bonds. The van der Waals surface area contributed by atoms with Crippen LogP contribution < -0.4 is 10.6 Å². The molecule has 3 aromatic rings. The van der Waals surface area contributed by atoms with Gasteiger partial charge in [-0.3, -0.25) is 9.59 Å². The van der Waals surface area contributed by atoms with Crippen molar-refractivity contribution < 1.29 is 9.59 Å². The molecule has 4 rings (SSSR count). The largest absolute Gasteiger partial charge is 0.354 e. The van der Waals surface area contributed by atoms with Gasteiger partial charge in [-0.05, 0) is 36.2 Å². The van der Waals surface area contributed by atoms with Gasteiger partial charge in [-0.15, -0.1) is 0 Å². The van der Waals surface area contributed by atoms with Crippen molar-refractivity contribution in [2.24, 2.45) is 0 Å². The number of anilines is 1. The number of nitrogens with one attached hydrogen (secondary N) is 2. The van der Waals surface area contributed by atoms with E-state index in [4.69, 9.17) is 0 Å². The Morgan fingerprint density at radius 1 is 1.07 bits per heavy atom. The van der Waals surface area contributed by atoms with Crippen LogP contribution in [0.25, 0.3) is 0 Å². The highest BCUT2D eigenvalue weighted by Crippen LogP contribution is 2.34. The van der Waals surface area contributed by atoms with Crippen molar-refractivity contribution in [1.29, 1.82) is 0 Å².